The van der Waals surface area contributed by atoms with E-state index in [2.05, 4.69) is 25.8 Å². The number of carbonyl (C=O) groups is 2. The minimum Gasteiger partial charge on any atom is -0.355 e. The molecule has 2 amide bonds. The van der Waals surface area contributed by atoms with Gasteiger partial charge in [-0.15, -0.1) is 0 Å². The number of anilines is 1. The summed E-state index contributed by atoms with van der Waals surface area (Å²) < 4.78 is 5.20. The Morgan fingerprint density at radius 3 is 2.67 bits per heavy atom. The van der Waals surface area contributed by atoms with Crippen molar-refractivity contribution in [2.24, 2.45) is 0 Å². The van der Waals surface area contributed by atoms with Crippen molar-refractivity contribution in [1.29, 1.82) is 0 Å². The fraction of sp³-hybridized carbons (Fsp3) is 0.211. The van der Waals surface area contributed by atoms with Crippen molar-refractivity contribution in [3.63, 3.8) is 0 Å². The molecule has 1 aromatic carbocycles. The van der Waals surface area contributed by atoms with Gasteiger partial charge in [-0.25, -0.2) is 0 Å². The number of amides is 2. The molecule has 138 valence electrons. The molecule has 8 nitrogen and oxygen atoms in total. The molecule has 8 heteroatoms. The third kappa shape index (κ3) is 5.46. The topological polar surface area (TPSA) is 110 Å². The summed E-state index contributed by atoms with van der Waals surface area (Å²) in [7, 11) is 0. The van der Waals surface area contributed by atoms with Gasteiger partial charge >= 0.3 is 0 Å². The van der Waals surface area contributed by atoms with E-state index in [4.69, 9.17) is 4.52 Å². The average molecular weight is 365 g/mol. The predicted molar refractivity (Wildman–Crippen MR) is 98.7 cm³/mol. The lowest BCUT2D eigenvalue weighted by Gasteiger charge is -2.05. The third-order valence-corrected chi connectivity index (χ3v) is 3.69. The van der Waals surface area contributed by atoms with Crippen LogP contribution in [0.4, 0.5) is 5.69 Å². The second kappa shape index (κ2) is 8.70. The van der Waals surface area contributed by atoms with Crippen molar-refractivity contribution < 1.29 is 14.1 Å². The molecule has 27 heavy (non-hydrogen) atoms. The minimum atomic E-state index is -0.131. The van der Waals surface area contributed by atoms with Gasteiger partial charge in [0.25, 0.3) is 5.89 Å². The Bertz CT molecular complexity index is 907. The lowest BCUT2D eigenvalue weighted by molar-refractivity contribution is -0.120. The molecule has 0 aliphatic heterocycles. The molecule has 0 saturated carbocycles. The molecule has 0 atom stereocenters. The molecule has 0 spiro atoms. The quantitative estimate of drug-likeness (QED) is 0.663. The number of carbonyl (C=O) groups excluding carboxylic acids is 2. The smallest absolute Gasteiger partial charge is 0.259 e. The number of nitrogens with one attached hydrogen (secondary N) is 2. The Balaban J connectivity index is 1.44. The maximum absolute atomic E-state index is 12.0. The zero-order valence-electron chi connectivity index (χ0n) is 14.8. The molecular weight excluding hydrogens is 346 g/mol. The standard InChI is InChI=1S/C19H19N5O3/c1-13(25)22-16-6-4-14(5-7-16)11-18(26)21-10-8-17-23-19(27-24-17)15-3-2-9-20-12-15/h2-7,9,12H,8,10-11H2,1H3,(H,21,26)(H,22,25). The molecule has 3 rings (SSSR count). The lowest BCUT2D eigenvalue weighted by atomic mass is 10.1. The first-order chi connectivity index (χ1) is 13.1. The molecule has 0 aliphatic carbocycles. The lowest BCUT2D eigenvalue weighted by Crippen LogP contribution is -2.27. The molecule has 2 N–H and O–H groups in total. The summed E-state index contributed by atoms with van der Waals surface area (Å²) in [6.45, 7) is 1.86. The summed E-state index contributed by atoms with van der Waals surface area (Å²) in [6.07, 6.45) is 4.05. The molecule has 2 aromatic heterocycles. The first-order valence-corrected chi connectivity index (χ1v) is 8.46. The van der Waals surface area contributed by atoms with Crippen molar-refractivity contribution in [3.8, 4) is 11.5 Å². The van der Waals surface area contributed by atoms with E-state index in [1.807, 2.05) is 18.2 Å². The van der Waals surface area contributed by atoms with Crippen LogP contribution in [0.2, 0.25) is 0 Å². The Morgan fingerprint density at radius 2 is 1.96 bits per heavy atom. The van der Waals surface area contributed by atoms with Crippen LogP contribution in [0.1, 0.15) is 18.3 Å². The minimum absolute atomic E-state index is 0.0988. The summed E-state index contributed by atoms with van der Waals surface area (Å²) in [5, 5.41) is 9.43. The fourth-order valence-corrected chi connectivity index (χ4v) is 2.43. The maximum Gasteiger partial charge on any atom is 0.259 e. The second-order valence-corrected chi connectivity index (χ2v) is 5.91. The van der Waals surface area contributed by atoms with Crippen LogP contribution >= 0.6 is 0 Å². The van der Waals surface area contributed by atoms with E-state index in [9.17, 15) is 9.59 Å². The van der Waals surface area contributed by atoms with E-state index in [1.54, 1.807) is 30.6 Å². The van der Waals surface area contributed by atoms with Crippen molar-refractivity contribution >= 4 is 17.5 Å². The van der Waals surface area contributed by atoms with E-state index in [0.29, 0.717) is 30.4 Å². The molecule has 0 bridgehead atoms. The molecule has 0 saturated heterocycles. The number of hydrogen-bond acceptors (Lipinski definition) is 6. The normalized spacial score (nSPS) is 10.4. The number of pyridine rings is 1. The van der Waals surface area contributed by atoms with Gasteiger partial charge in [-0.1, -0.05) is 17.3 Å². The number of rotatable bonds is 7. The number of hydrogen-bond donors (Lipinski definition) is 2. The summed E-state index contributed by atoms with van der Waals surface area (Å²) in [5.74, 6) is 0.699. The first kappa shape index (κ1) is 18.2. The molecule has 0 aliphatic rings. The highest BCUT2D eigenvalue weighted by Gasteiger charge is 2.09. The van der Waals surface area contributed by atoms with Crippen LogP contribution in [-0.2, 0) is 22.4 Å². The van der Waals surface area contributed by atoms with Gasteiger partial charge in [-0.2, -0.15) is 4.98 Å². The van der Waals surface area contributed by atoms with Gasteiger partial charge in [0.2, 0.25) is 11.8 Å². The molecule has 0 fully saturated rings. The maximum atomic E-state index is 12.0. The molecule has 2 heterocycles. The molecule has 0 unspecified atom stereocenters. The largest absolute Gasteiger partial charge is 0.355 e. The summed E-state index contributed by atoms with van der Waals surface area (Å²) >= 11 is 0. The molecule has 0 radical (unpaired) electrons. The van der Waals surface area contributed by atoms with Crippen LogP contribution in [0.3, 0.4) is 0 Å². The van der Waals surface area contributed by atoms with Crippen LogP contribution in [-0.4, -0.2) is 33.5 Å². The first-order valence-electron chi connectivity index (χ1n) is 8.46. The van der Waals surface area contributed by atoms with Crippen molar-refractivity contribution in [3.05, 3.63) is 60.2 Å². The molecule has 3 aromatic rings. The summed E-state index contributed by atoms with van der Waals surface area (Å²) in [5.41, 5.74) is 2.32. The zero-order chi connectivity index (χ0) is 19.1. The predicted octanol–water partition coefficient (Wildman–Crippen LogP) is 1.99. The van der Waals surface area contributed by atoms with E-state index < -0.39 is 0 Å². The monoisotopic (exact) mass is 365 g/mol. The van der Waals surface area contributed by atoms with E-state index in [0.717, 1.165) is 11.1 Å². The average Bonchev–Trinajstić information content (AvgIpc) is 3.13. The van der Waals surface area contributed by atoms with Gasteiger partial charge in [-0.3, -0.25) is 14.6 Å². The van der Waals surface area contributed by atoms with Gasteiger partial charge < -0.3 is 15.2 Å². The highest BCUT2D eigenvalue weighted by molar-refractivity contribution is 5.88. The Hall–Kier alpha value is -3.55. The Kier molecular flexibility index (Phi) is 5.88. The van der Waals surface area contributed by atoms with Gasteiger partial charge in [-0.05, 0) is 29.8 Å². The van der Waals surface area contributed by atoms with Crippen molar-refractivity contribution in [2.45, 2.75) is 19.8 Å². The Labute approximate surface area is 156 Å². The van der Waals surface area contributed by atoms with Crippen LogP contribution < -0.4 is 10.6 Å². The highest BCUT2D eigenvalue weighted by atomic mass is 16.5. The van der Waals surface area contributed by atoms with E-state index >= 15 is 0 Å². The van der Waals surface area contributed by atoms with Gasteiger partial charge in [0.05, 0.1) is 12.0 Å². The number of nitrogens with zero attached hydrogens (tertiary/aromatic N) is 3. The SMILES string of the molecule is CC(=O)Nc1ccc(CC(=O)NCCc2noc(-c3cccnc3)n2)cc1. The number of benzene rings is 1. The second-order valence-electron chi connectivity index (χ2n) is 5.91. The zero-order valence-corrected chi connectivity index (χ0v) is 14.8. The molecular formula is C19H19N5O3. The van der Waals surface area contributed by atoms with Gasteiger partial charge in [0.15, 0.2) is 5.82 Å². The number of aromatic nitrogens is 3. The summed E-state index contributed by atoms with van der Waals surface area (Å²) in [6, 6.07) is 10.8. The van der Waals surface area contributed by atoms with Crippen LogP contribution in [0.15, 0.2) is 53.3 Å². The van der Waals surface area contributed by atoms with Crippen LogP contribution in [0, 0.1) is 0 Å². The fourth-order valence-electron chi connectivity index (χ4n) is 2.43. The van der Waals surface area contributed by atoms with Crippen molar-refractivity contribution in [1.82, 2.24) is 20.4 Å². The highest BCUT2D eigenvalue weighted by Crippen LogP contribution is 2.15. The third-order valence-electron chi connectivity index (χ3n) is 3.69. The van der Waals surface area contributed by atoms with Gasteiger partial charge in [0.1, 0.15) is 0 Å². The summed E-state index contributed by atoms with van der Waals surface area (Å²) in [4.78, 5) is 31.3. The van der Waals surface area contributed by atoms with Crippen molar-refractivity contribution in [2.75, 3.05) is 11.9 Å². The van der Waals surface area contributed by atoms with Gasteiger partial charge in [0, 0.05) is 38.0 Å². The van der Waals surface area contributed by atoms with E-state index in [1.165, 1.54) is 6.92 Å². The van der Waals surface area contributed by atoms with Crippen LogP contribution in [0.25, 0.3) is 11.5 Å². The Morgan fingerprint density at radius 1 is 1.15 bits per heavy atom. The van der Waals surface area contributed by atoms with E-state index in [-0.39, 0.29) is 18.2 Å². The van der Waals surface area contributed by atoms with Crippen LogP contribution in [0.5, 0.6) is 0 Å².